The minimum Gasteiger partial charge on any atom is -0.312 e. The molecule has 0 aliphatic heterocycles. The molecule has 5 heteroatoms. The fourth-order valence-corrected chi connectivity index (χ4v) is 2.03. The number of nitrogens with zero attached hydrogens (tertiary/aromatic N) is 1. The first kappa shape index (κ1) is 17.0. The number of hydrogen-bond acceptors (Lipinski definition) is 2. The third-order valence-electron chi connectivity index (χ3n) is 2.88. The summed E-state index contributed by atoms with van der Waals surface area (Å²) in [6.45, 7) is 5.24. The summed E-state index contributed by atoms with van der Waals surface area (Å²) < 4.78 is 37.0. The summed E-state index contributed by atoms with van der Waals surface area (Å²) in [5.41, 5.74) is 2.00. The molecular weight excluding hydrogens is 265 g/mol. The summed E-state index contributed by atoms with van der Waals surface area (Å²) in [4.78, 5) is 1.29. The van der Waals surface area contributed by atoms with Crippen LogP contribution in [-0.2, 0) is 13.1 Å². The van der Waals surface area contributed by atoms with Gasteiger partial charge >= 0.3 is 6.18 Å². The summed E-state index contributed by atoms with van der Waals surface area (Å²) >= 11 is 0. The van der Waals surface area contributed by atoms with Crippen LogP contribution in [0.2, 0.25) is 0 Å². The Hall–Kier alpha value is -1.07. The molecule has 0 radical (unpaired) electrons. The number of halogens is 3. The molecule has 1 aromatic carbocycles. The van der Waals surface area contributed by atoms with Gasteiger partial charge in [-0.1, -0.05) is 38.1 Å². The summed E-state index contributed by atoms with van der Waals surface area (Å²) in [5, 5.41) is 3.32. The molecule has 0 aromatic heterocycles. The molecule has 0 fully saturated rings. The first-order chi connectivity index (χ1) is 9.28. The molecule has 0 heterocycles. The largest absolute Gasteiger partial charge is 0.401 e. The molecule has 0 saturated carbocycles. The first-order valence-electron chi connectivity index (χ1n) is 6.80. The van der Waals surface area contributed by atoms with E-state index in [1.54, 1.807) is 0 Å². The van der Waals surface area contributed by atoms with Crippen LogP contribution in [0.25, 0.3) is 0 Å². The van der Waals surface area contributed by atoms with Crippen molar-refractivity contribution in [2.24, 2.45) is 5.92 Å². The highest BCUT2D eigenvalue weighted by molar-refractivity contribution is 5.26. The lowest BCUT2D eigenvalue weighted by molar-refractivity contribution is -0.144. The maximum absolute atomic E-state index is 12.3. The average molecular weight is 288 g/mol. The first-order valence-corrected chi connectivity index (χ1v) is 6.80. The number of rotatable bonds is 7. The van der Waals surface area contributed by atoms with Crippen molar-refractivity contribution < 1.29 is 13.2 Å². The molecule has 0 atom stereocenters. The van der Waals surface area contributed by atoms with Gasteiger partial charge in [0.05, 0.1) is 6.54 Å². The van der Waals surface area contributed by atoms with Crippen LogP contribution in [0.1, 0.15) is 25.0 Å². The molecule has 0 unspecified atom stereocenters. The van der Waals surface area contributed by atoms with Gasteiger partial charge in [0, 0.05) is 13.1 Å². The van der Waals surface area contributed by atoms with E-state index in [0.717, 1.165) is 17.7 Å². The van der Waals surface area contributed by atoms with E-state index in [4.69, 9.17) is 0 Å². The van der Waals surface area contributed by atoms with Crippen molar-refractivity contribution in [3.63, 3.8) is 0 Å². The quantitative estimate of drug-likeness (QED) is 0.827. The minimum absolute atomic E-state index is 0.305. The summed E-state index contributed by atoms with van der Waals surface area (Å²) in [6, 6.07) is 7.63. The molecule has 1 rings (SSSR count). The zero-order valence-corrected chi connectivity index (χ0v) is 12.3. The Morgan fingerprint density at radius 2 is 1.75 bits per heavy atom. The van der Waals surface area contributed by atoms with E-state index >= 15 is 0 Å². The Labute approximate surface area is 119 Å². The Kier molecular flexibility index (Phi) is 6.49. The SMILES string of the molecule is CC(C)CNCc1ccccc1CN(C)CC(F)(F)F. The second-order valence-electron chi connectivity index (χ2n) is 5.58. The number of nitrogens with one attached hydrogen (secondary N) is 1. The van der Waals surface area contributed by atoms with Crippen molar-refractivity contribution in [1.82, 2.24) is 10.2 Å². The molecule has 1 aromatic rings. The van der Waals surface area contributed by atoms with Crippen LogP contribution in [0.4, 0.5) is 13.2 Å². The third-order valence-corrected chi connectivity index (χ3v) is 2.88. The number of benzene rings is 1. The third kappa shape index (κ3) is 6.91. The highest BCUT2D eigenvalue weighted by Gasteiger charge is 2.29. The Balaban J connectivity index is 2.60. The van der Waals surface area contributed by atoms with Crippen LogP contribution in [0.5, 0.6) is 0 Å². The summed E-state index contributed by atoms with van der Waals surface area (Å²) in [5.74, 6) is 0.551. The molecule has 0 saturated heterocycles. The van der Waals surface area contributed by atoms with Crippen molar-refractivity contribution in [2.75, 3.05) is 20.1 Å². The molecule has 20 heavy (non-hydrogen) atoms. The molecule has 114 valence electrons. The van der Waals surface area contributed by atoms with Crippen LogP contribution < -0.4 is 5.32 Å². The Morgan fingerprint density at radius 3 is 2.30 bits per heavy atom. The van der Waals surface area contributed by atoms with Crippen molar-refractivity contribution in [3.05, 3.63) is 35.4 Å². The van der Waals surface area contributed by atoms with Gasteiger partial charge in [0.25, 0.3) is 0 Å². The van der Waals surface area contributed by atoms with E-state index in [9.17, 15) is 13.2 Å². The predicted octanol–water partition coefficient (Wildman–Crippen LogP) is 3.43. The highest BCUT2D eigenvalue weighted by Crippen LogP contribution is 2.18. The Morgan fingerprint density at radius 1 is 1.15 bits per heavy atom. The van der Waals surface area contributed by atoms with E-state index in [1.165, 1.54) is 11.9 Å². The number of hydrogen-bond donors (Lipinski definition) is 1. The van der Waals surface area contributed by atoms with Gasteiger partial charge < -0.3 is 5.32 Å². The van der Waals surface area contributed by atoms with Crippen LogP contribution in [0.15, 0.2) is 24.3 Å². The fourth-order valence-electron chi connectivity index (χ4n) is 2.03. The molecule has 0 spiro atoms. The second kappa shape index (κ2) is 7.64. The standard InChI is InChI=1S/C15H23F3N2/c1-12(2)8-19-9-13-6-4-5-7-14(13)10-20(3)11-15(16,17)18/h4-7,12,19H,8-11H2,1-3H3. The summed E-state index contributed by atoms with van der Waals surface area (Å²) in [7, 11) is 1.49. The van der Waals surface area contributed by atoms with Gasteiger partial charge in [0.15, 0.2) is 0 Å². The Bertz CT molecular complexity index is 402. The normalized spacial score (nSPS) is 12.4. The summed E-state index contributed by atoms with van der Waals surface area (Å²) in [6.07, 6.45) is -4.15. The average Bonchev–Trinajstić information content (AvgIpc) is 2.28. The highest BCUT2D eigenvalue weighted by atomic mass is 19.4. The van der Waals surface area contributed by atoms with Gasteiger partial charge in [-0.05, 0) is 30.6 Å². The lowest BCUT2D eigenvalue weighted by Crippen LogP contribution is -2.31. The predicted molar refractivity (Wildman–Crippen MR) is 75.4 cm³/mol. The van der Waals surface area contributed by atoms with E-state index in [2.05, 4.69) is 19.2 Å². The van der Waals surface area contributed by atoms with Gasteiger partial charge in [-0.15, -0.1) is 0 Å². The second-order valence-corrected chi connectivity index (χ2v) is 5.58. The lowest BCUT2D eigenvalue weighted by Gasteiger charge is -2.20. The number of alkyl halides is 3. The topological polar surface area (TPSA) is 15.3 Å². The minimum atomic E-state index is -4.15. The molecule has 0 aliphatic carbocycles. The van der Waals surface area contributed by atoms with Gasteiger partial charge in [0.1, 0.15) is 0 Å². The van der Waals surface area contributed by atoms with Crippen LogP contribution in [0.3, 0.4) is 0 Å². The van der Waals surface area contributed by atoms with Gasteiger partial charge in [-0.25, -0.2) is 0 Å². The maximum atomic E-state index is 12.3. The monoisotopic (exact) mass is 288 g/mol. The van der Waals surface area contributed by atoms with Crippen molar-refractivity contribution >= 4 is 0 Å². The van der Waals surface area contributed by atoms with Gasteiger partial charge in [-0.3, -0.25) is 4.90 Å². The molecule has 2 nitrogen and oxygen atoms in total. The van der Waals surface area contributed by atoms with Crippen LogP contribution in [0, 0.1) is 5.92 Å². The van der Waals surface area contributed by atoms with E-state index in [-0.39, 0.29) is 0 Å². The van der Waals surface area contributed by atoms with Gasteiger partial charge in [-0.2, -0.15) is 13.2 Å². The molecule has 0 aliphatic rings. The lowest BCUT2D eigenvalue weighted by atomic mass is 10.1. The van der Waals surface area contributed by atoms with E-state index in [0.29, 0.717) is 19.0 Å². The van der Waals surface area contributed by atoms with E-state index < -0.39 is 12.7 Å². The molecule has 0 amide bonds. The molecule has 0 bridgehead atoms. The fraction of sp³-hybridized carbons (Fsp3) is 0.600. The van der Waals surface area contributed by atoms with Crippen molar-refractivity contribution in [3.8, 4) is 0 Å². The zero-order valence-electron chi connectivity index (χ0n) is 12.3. The molecular formula is C15H23F3N2. The van der Waals surface area contributed by atoms with Crippen LogP contribution >= 0.6 is 0 Å². The van der Waals surface area contributed by atoms with Crippen molar-refractivity contribution in [2.45, 2.75) is 33.1 Å². The van der Waals surface area contributed by atoms with E-state index in [1.807, 2.05) is 24.3 Å². The van der Waals surface area contributed by atoms with Crippen molar-refractivity contribution in [1.29, 1.82) is 0 Å². The maximum Gasteiger partial charge on any atom is 0.401 e. The molecule has 1 N–H and O–H groups in total. The van der Waals surface area contributed by atoms with Gasteiger partial charge in [0.2, 0.25) is 0 Å². The van der Waals surface area contributed by atoms with Crippen LogP contribution in [-0.4, -0.2) is 31.2 Å². The smallest absolute Gasteiger partial charge is 0.312 e. The zero-order chi connectivity index (χ0) is 15.2.